The first-order chi connectivity index (χ1) is 14.8. The highest BCUT2D eigenvalue weighted by Gasteiger charge is 2.34. The van der Waals surface area contributed by atoms with Crippen LogP contribution < -0.4 is 10.1 Å². The van der Waals surface area contributed by atoms with E-state index in [2.05, 4.69) is 11.4 Å². The van der Waals surface area contributed by atoms with Crippen molar-refractivity contribution in [2.24, 2.45) is 0 Å². The van der Waals surface area contributed by atoms with E-state index in [0.29, 0.717) is 26.1 Å². The number of rotatable bonds is 4. The van der Waals surface area contributed by atoms with E-state index in [1.165, 1.54) is 13.2 Å². The van der Waals surface area contributed by atoms with Crippen molar-refractivity contribution in [1.82, 2.24) is 10.2 Å². The van der Waals surface area contributed by atoms with E-state index in [0.717, 1.165) is 28.5 Å². The van der Waals surface area contributed by atoms with Gasteiger partial charge in [0.25, 0.3) is 5.91 Å². The number of benzene rings is 3. The number of ether oxygens (including phenoxy) is 1. The summed E-state index contributed by atoms with van der Waals surface area (Å²) in [6.07, 6.45) is -3.95. The van der Waals surface area contributed by atoms with Gasteiger partial charge < -0.3 is 15.0 Å². The number of nitrogens with zero attached hydrogens (tertiary/aromatic N) is 1. The molecule has 0 aromatic heterocycles. The van der Waals surface area contributed by atoms with E-state index in [-0.39, 0.29) is 17.4 Å². The zero-order chi connectivity index (χ0) is 22.0. The molecule has 1 atom stereocenters. The molecule has 4 rings (SSSR count). The quantitative estimate of drug-likeness (QED) is 0.664. The number of carbonyl (C=O) groups is 1. The van der Waals surface area contributed by atoms with Crippen LogP contribution in [-0.4, -0.2) is 43.6 Å². The van der Waals surface area contributed by atoms with Crippen molar-refractivity contribution < 1.29 is 22.7 Å². The van der Waals surface area contributed by atoms with Gasteiger partial charge in [-0.2, -0.15) is 13.2 Å². The highest BCUT2D eigenvalue weighted by atomic mass is 19.4. The SMILES string of the molecule is COc1cc(C(=O)N2CCNC[C@H]2Cc2ccc3ccccc3c2)cc(C(F)(F)F)c1. The Kier molecular flexibility index (Phi) is 5.87. The number of hydrogen-bond acceptors (Lipinski definition) is 3. The maximum atomic E-state index is 13.3. The second kappa shape index (κ2) is 8.59. The Morgan fingerprint density at radius 2 is 1.87 bits per heavy atom. The van der Waals surface area contributed by atoms with Crippen molar-refractivity contribution in [2.45, 2.75) is 18.6 Å². The van der Waals surface area contributed by atoms with Crippen LogP contribution in [0.15, 0.2) is 60.7 Å². The van der Waals surface area contributed by atoms with Crippen LogP contribution >= 0.6 is 0 Å². The van der Waals surface area contributed by atoms with Crippen molar-refractivity contribution in [3.63, 3.8) is 0 Å². The van der Waals surface area contributed by atoms with Gasteiger partial charge in [0.2, 0.25) is 0 Å². The smallest absolute Gasteiger partial charge is 0.416 e. The maximum absolute atomic E-state index is 13.3. The molecule has 1 heterocycles. The molecule has 1 aliphatic rings. The Bertz CT molecular complexity index is 1100. The summed E-state index contributed by atoms with van der Waals surface area (Å²) < 4.78 is 44.9. The maximum Gasteiger partial charge on any atom is 0.416 e. The van der Waals surface area contributed by atoms with Crippen molar-refractivity contribution in [1.29, 1.82) is 0 Å². The highest BCUT2D eigenvalue weighted by molar-refractivity contribution is 5.95. The molecule has 0 bridgehead atoms. The van der Waals surface area contributed by atoms with Gasteiger partial charge in [0.15, 0.2) is 0 Å². The van der Waals surface area contributed by atoms with E-state index >= 15 is 0 Å². The minimum absolute atomic E-state index is 0.0133. The van der Waals surface area contributed by atoms with Gasteiger partial charge in [-0.1, -0.05) is 42.5 Å². The molecular formula is C24H23F3N2O2. The van der Waals surface area contributed by atoms with Crippen molar-refractivity contribution in [2.75, 3.05) is 26.7 Å². The lowest BCUT2D eigenvalue weighted by atomic mass is 9.98. The van der Waals surface area contributed by atoms with Crippen molar-refractivity contribution in [3.05, 3.63) is 77.4 Å². The summed E-state index contributed by atoms with van der Waals surface area (Å²) >= 11 is 0. The Morgan fingerprint density at radius 3 is 2.61 bits per heavy atom. The number of hydrogen-bond donors (Lipinski definition) is 1. The number of halogens is 3. The standard InChI is InChI=1S/C24H23F3N2O2/c1-31-22-13-19(12-20(14-22)24(25,26)27)23(30)29-9-8-28-15-21(29)11-16-6-7-17-4-2-3-5-18(17)10-16/h2-7,10,12-14,21,28H,8-9,11,15H2,1H3/t21-/m1/s1. The minimum atomic E-state index is -4.56. The molecule has 7 heteroatoms. The molecule has 0 spiro atoms. The lowest BCUT2D eigenvalue weighted by Crippen LogP contribution is -2.54. The molecule has 4 nitrogen and oxygen atoms in total. The average molecular weight is 428 g/mol. The number of amides is 1. The zero-order valence-corrected chi connectivity index (χ0v) is 17.1. The third-order valence-corrected chi connectivity index (χ3v) is 5.61. The molecule has 3 aromatic rings. The monoisotopic (exact) mass is 428 g/mol. The number of nitrogens with one attached hydrogen (secondary N) is 1. The third kappa shape index (κ3) is 4.66. The molecule has 0 saturated carbocycles. The fourth-order valence-electron chi connectivity index (χ4n) is 4.02. The molecular weight excluding hydrogens is 405 g/mol. The average Bonchev–Trinajstić information content (AvgIpc) is 2.78. The predicted octanol–water partition coefficient (Wildman–Crippen LogP) is 4.52. The Morgan fingerprint density at radius 1 is 1.10 bits per heavy atom. The Labute approximate surface area is 178 Å². The van der Waals surface area contributed by atoms with Crippen LogP contribution in [0.2, 0.25) is 0 Å². The molecule has 1 amide bonds. The number of alkyl halides is 3. The van der Waals surface area contributed by atoms with Gasteiger partial charge in [0, 0.05) is 31.2 Å². The van der Waals surface area contributed by atoms with Crippen LogP contribution in [0.4, 0.5) is 13.2 Å². The molecule has 1 aliphatic heterocycles. The van der Waals surface area contributed by atoms with Crippen LogP contribution in [0.5, 0.6) is 5.75 Å². The fourth-order valence-corrected chi connectivity index (χ4v) is 4.02. The molecule has 1 fully saturated rings. The number of methoxy groups -OCH3 is 1. The van der Waals surface area contributed by atoms with E-state index in [1.807, 2.05) is 36.4 Å². The first-order valence-corrected chi connectivity index (χ1v) is 10.1. The summed E-state index contributed by atoms with van der Waals surface area (Å²) in [6.45, 7) is 1.60. The number of fused-ring (bicyclic) bond motifs is 1. The van der Waals surface area contributed by atoms with Crippen LogP contribution in [0.3, 0.4) is 0 Å². The molecule has 0 unspecified atom stereocenters. The van der Waals surface area contributed by atoms with E-state index in [4.69, 9.17) is 4.74 Å². The molecule has 3 aromatic carbocycles. The fraction of sp³-hybridized carbons (Fsp3) is 0.292. The second-order valence-electron chi connectivity index (χ2n) is 7.69. The molecule has 1 saturated heterocycles. The topological polar surface area (TPSA) is 41.6 Å². The van der Waals surface area contributed by atoms with Gasteiger partial charge in [0.05, 0.1) is 12.7 Å². The summed E-state index contributed by atoms with van der Waals surface area (Å²) in [4.78, 5) is 14.9. The Balaban J connectivity index is 1.61. The second-order valence-corrected chi connectivity index (χ2v) is 7.69. The largest absolute Gasteiger partial charge is 0.497 e. The van der Waals surface area contributed by atoms with Crippen molar-refractivity contribution >= 4 is 16.7 Å². The first kappa shape index (κ1) is 21.2. The zero-order valence-electron chi connectivity index (χ0n) is 17.1. The summed E-state index contributed by atoms with van der Waals surface area (Å²) in [6, 6.07) is 17.2. The summed E-state index contributed by atoms with van der Waals surface area (Å²) in [7, 11) is 1.29. The van der Waals surface area contributed by atoms with Crippen LogP contribution in [0.1, 0.15) is 21.5 Å². The Hall–Kier alpha value is -3.06. The van der Waals surface area contributed by atoms with Crippen LogP contribution in [0, 0.1) is 0 Å². The lowest BCUT2D eigenvalue weighted by Gasteiger charge is -2.36. The summed E-state index contributed by atoms with van der Waals surface area (Å²) in [5.41, 5.74) is 0.167. The van der Waals surface area contributed by atoms with Gasteiger partial charge in [-0.25, -0.2) is 0 Å². The molecule has 0 aliphatic carbocycles. The van der Waals surface area contributed by atoms with Crippen molar-refractivity contribution in [3.8, 4) is 5.75 Å². The van der Waals surface area contributed by atoms with Crippen LogP contribution in [-0.2, 0) is 12.6 Å². The first-order valence-electron chi connectivity index (χ1n) is 10.1. The van der Waals surface area contributed by atoms with Gasteiger partial charge in [-0.05, 0) is 41.0 Å². The number of piperazine rings is 1. The van der Waals surface area contributed by atoms with E-state index < -0.39 is 17.6 Å². The van der Waals surface area contributed by atoms with Gasteiger partial charge >= 0.3 is 6.18 Å². The summed E-state index contributed by atoms with van der Waals surface area (Å²) in [5.74, 6) is -0.406. The molecule has 162 valence electrons. The van der Waals surface area contributed by atoms with Gasteiger partial charge in [-0.3, -0.25) is 4.79 Å². The minimum Gasteiger partial charge on any atom is -0.497 e. The molecule has 31 heavy (non-hydrogen) atoms. The lowest BCUT2D eigenvalue weighted by molar-refractivity contribution is -0.137. The number of carbonyl (C=O) groups excluding carboxylic acids is 1. The predicted molar refractivity (Wildman–Crippen MR) is 113 cm³/mol. The molecule has 0 radical (unpaired) electrons. The van der Waals surface area contributed by atoms with Gasteiger partial charge in [0.1, 0.15) is 5.75 Å². The normalized spacial score (nSPS) is 17.0. The highest BCUT2D eigenvalue weighted by Crippen LogP contribution is 2.33. The van der Waals surface area contributed by atoms with Crippen LogP contribution in [0.25, 0.3) is 10.8 Å². The summed E-state index contributed by atoms with van der Waals surface area (Å²) in [5, 5.41) is 5.54. The third-order valence-electron chi connectivity index (χ3n) is 5.61. The van der Waals surface area contributed by atoms with E-state index in [1.54, 1.807) is 4.90 Å². The van der Waals surface area contributed by atoms with E-state index in [9.17, 15) is 18.0 Å². The molecule has 1 N–H and O–H groups in total. The van der Waals surface area contributed by atoms with Gasteiger partial charge in [-0.15, -0.1) is 0 Å².